The van der Waals surface area contributed by atoms with Crippen molar-refractivity contribution in [1.29, 1.82) is 0 Å². The molecule has 4 rings (SSSR count). The number of benzene rings is 1. The van der Waals surface area contributed by atoms with Crippen LogP contribution in [-0.2, 0) is 9.47 Å². The van der Waals surface area contributed by atoms with E-state index in [4.69, 9.17) is 9.47 Å². The minimum Gasteiger partial charge on any atom is -0.381 e. The van der Waals surface area contributed by atoms with Crippen LogP contribution in [0, 0.1) is 0 Å². The summed E-state index contributed by atoms with van der Waals surface area (Å²) in [5.74, 6) is -0.0387. The highest BCUT2D eigenvalue weighted by atomic mass is 16.5. The van der Waals surface area contributed by atoms with Crippen LogP contribution in [0.2, 0.25) is 0 Å². The van der Waals surface area contributed by atoms with Gasteiger partial charge in [0.25, 0.3) is 5.91 Å². The number of fused-ring (bicyclic) bond motifs is 1. The topological polar surface area (TPSA) is 60.5 Å². The summed E-state index contributed by atoms with van der Waals surface area (Å²) in [5, 5.41) is 5.11. The van der Waals surface area contributed by atoms with Gasteiger partial charge in [0.15, 0.2) is 0 Å². The molecule has 0 radical (unpaired) electrons. The highest BCUT2D eigenvalue weighted by molar-refractivity contribution is 6.06. The fourth-order valence-corrected chi connectivity index (χ4v) is 3.71. The Labute approximate surface area is 135 Å². The molecule has 23 heavy (non-hydrogen) atoms. The zero-order valence-corrected chi connectivity index (χ0v) is 13.0. The highest BCUT2D eigenvalue weighted by Gasteiger charge is 2.46. The van der Waals surface area contributed by atoms with E-state index >= 15 is 0 Å². The maximum atomic E-state index is 12.8. The molecule has 1 aromatic carbocycles. The second kappa shape index (κ2) is 5.91. The Hall–Kier alpha value is -1.98. The Bertz CT molecular complexity index is 720. The normalized spacial score (nSPS) is 23.2. The van der Waals surface area contributed by atoms with Gasteiger partial charge in [0.05, 0.1) is 11.6 Å². The lowest BCUT2D eigenvalue weighted by atomic mass is 9.86. The zero-order valence-electron chi connectivity index (χ0n) is 13.0. The SMILES string of the molecule is O=C(NC1CCOC12CCOCC2)c1cccc2cnccc12. The summed E-state index contributed by atoms with van der Waals surface area (Å²) in [6.07, 6.45) is 6.05. The Balaban J connectivity index is 1.59. The lowest BCUT2D eigenvalue weighted by molar-refractivity contribution is -0.0872. The molecule has 3 heterocycles. The molecule has 2 aliphatic rings. The predicted octanol–water partition coefficient (Wildman–Crippen LogP) is 2.30. The Morgan fingerprint density at radius 3 is 2.96 bits per heavy atom. The molecule has 2 fully saturated rings. The Morgan fingerprint density at radius 1 is 1.22 bits per heavy atom. The van der Waals surface area contributed by atoms with Gasteiger partial charge in [0.1, 0.15) is 0 Å². The first kappa shape index (κ1) is 14.6. The number of amides is 1. The van der Waals surface area contributed by atoms with E-state index in [9.17, 15) is 4.79 Å². The fraction of sp³-hybridized carbons (Fsp3) is 0.444. The molecule has 2 aromatic rings. The van der Waals surface area contributed by atoms with Crippen molar-refractivity contribution in [3.05, 3.63) is 42.2 Å². The molecule has 1 aromatic heterocycles. The van der Waals surface area contributed by atoms with Crippen LogP contribution in [0.1, 0.15) is 29.6 Å². The number of carbonyl (C=O) groups is 1. The lowest BCUT2D eigenvalue weighted by Crippen LogP contribution is -2.52. The monoisotopic (exact) mass is 312 g/mol. The van der Waals surface area contributed by atoms with Gasteiger partial charge >= 0.3 is 0 Å². The average Bonchev–Trinajstić information content (AvgIpc) is 2.96. The van der Waals surface area contributed by atoms with Gasteiger partial charge < -0.3 is 14.8 Å². The van der Waals surface area contributed by atoms with E-state index < -0.39 is 0 Å². The fourth-order valence-electron chi connectivity index (χ4n) is 3.71. The van der Waals surface area contributed by atoms with Crippen LogP contribution in [0.3, 0.4) is 0 Å². The van der Waals surface area contributed by atoms with Crippen molar-refractivity contribution in [3.63, 3.8) is 0 Å². The quantitative estimate of drug-likeness (QED) is 0.924. The van der Waals surface area contributed by atoms with Crippen LogP contribution in [0.5, 0.6) is 0 Å². The van der Waals surface area contributed by atoms with Crippen molar-refractivity contribution in [2.24, 2.45) is 0 Å². The Morgan fingerprint density at radius 2 is 2.09 bits per heavy atom. The van der Waals surface area contributed by atoms with Crippen LogP contribution < -0.4 is 5.32 Å². The van der Waals surface area contributed by atoms with Crippen LogP contribution >= 0.6 is 0 Å². The van der Waals surface area contributed by atoms with E-state index in [1.807, 2.05) is 24.3 Å². The van der Waals surface area contributed by atoms with Gasteiger partial charge in [-0.3, -0.25) is 9.78 Å². The molecule has 5 nitrogen and oxygen atoms in total. The van der Waals surface area contributed by atoms with Gasteiger partial charge in [-0.15, -0.1) is 0 Å². The molecule has 1 N–H and O–H groups in total. The average molecular weight is 312 g/mol. The minimum atomic E-state index is -0.250. The molecule has 1 atom stereocenters. The lowest BCUT2D eigenvalue weighted by Gasteiger charge is -2.37. The van der Waals surface area contributed by atoms with E-state index in [0.29, 0.717) is 25.4 Å². The number of hydrogen-bond acceptors (Lipinski definition) is 4. The van der Waals surface area contributed by atoms with E-state index in [1.165, 1.54) is 0 Å². The molecule has 0 aliphatic carbocycles. The van der Waals surface area contributed by atoms with E-state index in [0.717, 1.165) is 30.0 Å². The second-order valence-electron chi connectivity index (χ2n) is 6.24. The van der Waals surface area contributed by atoms with Crippen molar-refractivity contribution in [2.45, 2.75) is 30.9 Å². The van der Waals surface area contributed by atoms with Crippen molar-refractivity contribution < 1.29 is 14.3 Å². The molecule has 1 unspecified atom stereocenters. The third-order valence-corrected chi connectivity index (χ3v) is 5.00. The number of ether oxygens (including phenoxy) is 2. The molecule has 2 saturated heterocycles. The maximum Gasteiger partial charge on any atom is 0.252 e. The summed E-state index contributed by atoms with van der Waals surface area (Å²) in [4.78, 5) is 16.9. The number of rotatable bonds is 2. The largest absolute Gasteiger partial charge is 0.381 e. The van der Waals surface area contributed by atoms with Gasteiger partial charge in [0, 0.05) is 56.0 Å². The van der Waals surface area contributed by atoms with Gasteiger partial charge in [-0.25, -0.2) is 0 Å². The molecular formula is C18H20N2O3. The maximum absolute atomic E-state index is 12.8. The van der Waals surface area contributed by atoms with Crippen LogP contribution in [-0.4, -0.2) is 42.4 Å². The van der Waals surface area contributed by atoms with Crippen LogP contribution in [0.4, 0.5) is 0 Å². The molecular weight excluding hydrogens is 292 g/mol. The zero-order chi connectivity index (χ0) is 15.7. The van der Waals surface area contributed by atoms with Gasteiger partial charge in [-0.05, 0) is 23.9 Å². The molecule has 1 amide bonds. The predicted molar refractivity (Wildman–Crippen MR) is 86.4 cm³/mol. The van der Waals surface area contributed by atoms with Crippen molar-refractivity contribution in [2.75, 3.05) is 19.8 Å². The molecule has 2 aliphatic heterocycles. The summed E-state index contributed by atoms with van der Waals surface area (Å²) >= 11 is 0. The van der Waals surface area contributed by atoms with Crippen molar-refractivity contribution in [3.8, 4) is 0 Å². The molecule has 5 heteroatoms. The first-order valence-corrected chi connectivity index (χ1v) is 8.14. The summed E-state index contributed by atoms with van der Waals surface area (Å²) < 4.78 is 11.5. The third kappa shape index (κ3) is 2.60. The van der Waals surface area contributed by atoms with Gasteiger partial charge in [0.2, 0.25) is 0 Å². The molecule has 1 spiro atoms. The van der Waals surface area contributed by atoms with Gasteiger partial charge in [-0.2, -0.15) is 0 Å². The summed E-state index contributed by atoms with van der Waals surface area (Å²) in [5.41, 5.74) is 0.444. The number of aromatic nitrogens is 1. The summed E-state index contributed by atoms with van der Waals surface area (Å²) in [6.45, 7) is 2.10. The number of pyridine rings is 1. The summed E-state index contributed by atoms with van der Waals surface area (Å²) in [6, 6.07) is 7.67. The minimum absolute atomic E-state index is 0.0387. The molecule has 0 bridgehead atoms. The highest BCUT2D eigenvalue weighted by Crippen LogP contribution is 2.35. The number of hydrogen-bond donors (Lipinski definition) is 1. The molecule has 120 valence electrons. The van der Waals surface area contributed by atoms with Crippen LogP contribution in [0.15, 0.2) is 36.7 Å². The number of nitrogens with one attached hydrogen (secondary N) is 1. The number of carbonyl (C=O) groups excluding carboxylic acids is 1. The molecule has 0 saturated carbocycles. The van der Waals surface area contributed by atoms with Crippen molar-refractivity contribution >= 4 is 16.7 Å². The second-order valence-corrected chi connectivity index (χ2v) is 6.24. The smallest absolute Gasteiger partial charge is 0.252 e. The van der Waals surface area contributed by atoms with Crippen LogP contribution in [0.25, 0.3) is 10.8 Å². The van der Waals surface area contributed by atoms with Crippen molar-refractivity contribution in [1.82, 2.24) is 10.3 Å². The standard InChI is InChI=1S/C18H20N2O3/c21-17(15-3-1-2-13-12-19-8-4-14(13)15)20-16-5-9-23-18(16)6-10-22-11-7-18/h1-4,8,12,16H,5-7,9-11H2,(H,20,21). The summed E-state index contributed by atoms with van der Waals surface area (Å²) in [7, 11) is 0. The first-order valence-electron chi connectivity index (χ1n) is 8.14. The first-order chi connectivity index (χ1) is 11.3. The number of nitrogens with zero attached hydrogens (tertiary/aromatic N) is 1. The Kier molecular flexibility index (Phi) is 3.75. The van der Waals surface area contributed by atoms with E-state index in [2.05, 4.69) is 10.3 Å². The van der Waals surface area contributed by atoms with E-state index in [-0.39, 0.29) is 17.6 Å². The van der Waals surface area contributed by atoms with Gasteiger partial charge in [-0.1, -0.05) is 12.1 Å². The third-order valence-electron chi connectivity index (χ3n) is 5.00. The van der Waals surface area contributed by atoms with E-state index in [1.54, 1.807) is 12.4 Å².